The Bertz CT molecular complexity index is 1170. The Morgan fingerprint density at radius 1 is 1.27 bits per heavy atom. The minimum absolute atomic E-state index is 0.00463. The van der Waals surface area contributed by atoms with Crippen LogP contribution in [0.4, 0.5) is 0 Å². The molecule has 1 fully saturated rings. The number of H-pyrrole nitrogens is 1. The predicted octanol–water partition coefficient (Wildman–Crippen LogP) is 2.17. The fourth-order valence-electron chi connectivity index (χ4n) is 3.64. The lowest BCUT2D eigenvalue weighted by Crippen LogP contribution is -2.42. The predicted molar refractivity (Wildman–Crippen MR) is 111 cm³/mol. The molecule has 0 saturated carbocycles. The van der Waals surface area contributed by atoms with Gasteiger partial charge in [-0.05, 0) is 24.5 Å². The molecule has 9 heteroatoms. The van der Waals surface area contributed by atoms with Crippen LogP contribution in [0.3, 0.4) is 0 Å². The summed E-state index contributed by atoms with van der Waals surface area (Å²) in [6.45, 7) is 0.968. The maximum Gasteiger partial charge on any atom is 0.328 e. The zero-order valence-corrected chi connectivity index (χ0v) is 17.0. The lowest BCUT2D eigenvalue weighted by Gasteiger charge is -2.31. The monoisotopic (exact) mass is 428 g/mol. The molecule has 1 saturated heterocycles. The topological polar surface area (TPSA) is 101 Å². The smallest absolute Gasteiger partial charge is 0.328 e. The molecule has 4 rings (SSSR count). The third kappa shape index (κ3) is 4.54. The highest BCUT2D eigenvalue weighted by Gasteiger charge is 2.28. The molecule has 1 aromatic carbocycles. The summed E-state index contributed by atoms with van der Waals surface area (Å²) in [4.78, 5) is 44.0. The Balaban J connectivity index is 1.42. The van der Waals surface area contributed by atoms with Crippen molar-refractivity contribution in [1.82, 2.24) is 19.4 Å². The summed E-state index contributed by atoms with van der Waals surface area (Å²) in [6.07, 6.45) is 5.28. The number of rotatable bonds is 5. The Hall–Kier alpha value is -3.13. The van der Waals surface area contributed by atoms with Gasteiger partial charge in [0.15, 0.2) is 5.89 Å². The third-order valence-corrected chi connectivity index (χ3v) is 5.59. The minimum Gasteiger partial charge on any atom is -0.445 e. The molecule has 1 N–H and O–H groups in total. The largest absolute Gasteiger partial charge is 0.445 e. The average molecular weight is 429 g/mol. The highest BCUT2D eigenvalue weighted by molar-refractivity contribution is 6.31. The summed E-state index contributed by atoms with van der Waals surface area (Å²) >= 11 is 6.22. The van der Waals surface area contributed by atoms with E-state index < -0.39 is 11.2 Å². The average Bonchev–Trinajstić information content (AvgIpc) is 3.20. The summed E-state index contributed by atoms with van der Waals surface area (Å²) in [5, 5.41) is 0.683. The summed E-state index contributed by atoms with van der Waals surface area (Å²) in [5.74, 6) is 1.14. The van der Waals surface area contributed by atoms with Gasteiger partial charge in [-0.3, -0.25) is 19.1 Å². The molecule has 3 aromatic rings. The number of carbonyl (C=O) groups is 1. The first-order chi connectivity index (χ1) is 14.5. The van der Waals surface area contributed by atoms with E-state index >= 15 is 0 Å². The van der Waals surface area contributed by atoms with Crippen molar-refractivity contribution in [3.8, 4) is 0 Å². The van der Waals surface area contributed by atoms with Gasteiger partial charge in [0, 0.05) is 36.8 Å². The van der Waals surface area contributed by atoms with Crippen molar-refractivity contribution in [1.29, 1.82) is 0 Å². The number of piperidine rings is 1. The van der Waals surface area contributed by atoms with E-state index in [9.17, 15) is 14.4 Å². The fraction of sp³-hybridized carbons (Fsp3) is 0.333. The highest BCUT2D eigenvalue weighted by atomic mass is 35.5. The van der Waals surface area contributed by atoms with Crippen molar-refractivity contribution >= 4 is 17.5 Å². The fourth-order valence-corrected chi connectivity index (χ4v) is 3.84. The maximum absolute atomic E-state index is 12.7. The Morgan fingerprint density at radius 2 is 2.10 bits per heavy atom. The standard InChI is InChI=1S/C21H21ClN4O4/c22-17-6-2-1-4-14(17)10-16-11-23-20(30-16)15-5-3-8-25(12-15)19(28)13-26-9-7-18(27)24-21(26)29/h1-2,4,6-7,9,11,15H,3,5,8,10,12-13H2,(H,24,27,29)/t15-/m0/s1. The Labute approximate surface area is 177 Å². The van der Waals surface area contributed by atoms with Gasteiger partial charge in [0.25, 0.3) is 5.56 Å². The van der Waals surface area contributed by atoms with Crippen LogP contribution in [0.2, 0.25) is 5.02 Å². The van der Waals surface area contributed by atoms with E-state index in [4.69, 9.17) is 16.0 Å². The minimum atomic E-state index is -0.596. The Kier molecular flexibility index (Phi) is 5.85. The summed E-state index contributed by atoms with van der Waals surface area (Å²) in [6, 6.07) is 8.82. The van der Waals surface area contributed by atoms with Crippen molar-refractivity contribution < 1.29 is 9.21 Å². The number of likely N-dealkylation sites (tertiary alicyclic amines) is 1. The van der Waals surface area contributed by atoms with Crippen LogP contribution in [-0.2, 0) is 17.8 Å². The SMILES string of the molecule is O=C(Cn1ccc(=O)[nH]c1=O)N1CCC[C@H](c2ncc(Cc3ccccc3Cl)o2)C1. The number of nitrogens with one attached hydrogen (secondary N) is 1. The van der Waals surface area contributed by atoms with Crippen molar-refractivity contribution in [3.05, 3.63) is 85.8 Å². The molecule has 1 aliphatic heterocycles. The Morgan fingerprint density at radius 3 is 2.90 bits per heavy atom. The quantitative estimate of drug-likeness (QED) is 0.671. The summed E-state index contributed by atoms with van der Waals surface area (Å²) < 4.78 is 7.15. The van der Waals surface area contributed by atoms with Gasteiger partial charge in [-0.1, -0.05) is 29.8 Å². The van der Waals surface area contributed by atoms with Crippen molar-refractivity contribution in [2.24, 2.45) is 0 Å². The summed E-state index contributed by atoms with van der Waals surface area (Å²) in [7, 11) is 0. The first-order valence-corrected chi connectivity index (χ1v) is 10.1. The number of amides is 1. The number of hydrogen-bond donors (Lipinski definition) is 1. The van der Waals surface area contributed by atoms with Crippen LogP contribution < -0.4 is 11.2 Å². The molecule has 156 valence electrons. The van der Waals surface area contributed by atoms with Gasteiger partial charge in [0.05, 0.1) is 12.1 Å². The molecule has 8 nitrogen and oxygen atoms in total. The van der Waals surface area contributed by atoms with Gasteiger partial charge in [0.2, 0.25) is 5.91 Å². The number of hydrogen-bond acceptors (Lipinski definition) is 5. The van der Waals surface area contributed by atoms with E-state index in [0.29, 0.717) is 30.4 Å². The zero-order chi connectivity index (χ0) is 21.1. The van der Waals surface area contributed by atoms with Gasteiger partial charge in [-0.2, -0.15) is 0 Å². The number of aromatic nitrogens is 3. The number of aromatic amines is 1. The van der Waals surface area contributed by atoms with Crippen LogP contribution in [0.25, 0.3) is 0 Å². The van der Waals surface area contributed by atoms with E-state index in [1.165, 1.54) is 16.8 Å². The number of halogens is 1. The molecule has 0 bridgehead atoms. The van der Waals surface area contributed by atoms with E-state index in [2.05, 4.69) is 9.97 Å². The van der Waals surface area contributed by atoms with Crippen molar-refractivity contribution in [2.45, 2.75) is 31.7 Å². The van der Waals surface area contributed by atoms with Crippen LogP contribution in [-0.4, -0.2) is 38.4 Å². The van der Waals surface area contributed by atoms with E-state index in [0.717, 1.165) is 24.2 Å². The van der Waals surface area contributed by atoms with Crippen LogP contribution in [0, 0.1) is 0 Å². The van der Waals surface area contributed by atoms with Crippen LogP contribution in [0.1, 0.15) is 36.0 Å². The van der Waals surface area contributed by atoms with E-state index in [1.807, 2.05) is 24.3 Å². The number of nitrogens with zero attached hydrogens (tertiary/aromatic N) is 3. The lowest BCUT2D eigenvalue weighted by atomic mass is 9.98. The molecular formula is C21H21ClN4O4. The van der Waals surface area contributed by atoms with Crippen LogP contribution in [0.5, 0.6) is 0 Å². The second-order valence-corrected chi connectivity index (χ2v) is 7.76. The first kappa shape index (κ1) is 20.2. The highest BCUT2D eigenvalue weighted by Crippen LogP contribution is 2.28. The molecule has 0 aliphatic carbocycles. The third-order valence-electron chi connectivity index (χ3n) is 5.22. The molecule has 2 aromatic heterocycles. The molecular weight excluding hydrogens is 408 g/mol. The molecule has 1 atom stereocenters. The number of oxazole rings is 1. The summed E-state index contributed by atoms with van der Waals surface area (Å²) in [5.41, 5.74) is -0.117. The molecule has 1 amide bonds. The molecule has 3 heterocycles. The van der Waals surface area contributed by atoms with Crippen molar-refractivity contribution in [2.75, 3.05) is 13.1 Å². The van der Waals surface area contributed by atoms with Gasteiger partial charge < -0.3 is 9.32 Å². The normalized spacial score (nSPS) is 16.6. The molecule has 0 unspecified atom stereocenters. The van der Waals surface area contributed by atoms with Gasteiger partial charge in [-0.15, -0.1) is 0 Å². The molecule has 1 aliphatic rings. The van der Waals surface area contributed by atoms with E-state index in [1.54, 1.807) is 11.1 Å². The number of carbonyl (C=O) groups excluding carboxylic acids is 1. The maximum atomic E-state index is 12.7. The second-order valence-electron chi connectivity index (χ2n) is 7.35. The lowest BCUT2D eigenvalue weighted by molar-refractivity contribution is -0.133. The van der Waals surface area contributed by atoms with Crippen molar-refractivity contribution in [3.63, 3.8) is 0 Å². The van der Waals surface area contributed by atoms with Crippen LogP contribution >= 0.6 is 11.6 Å². The molecule has 0 spiro atoms. The van der Waals surface area contributed by atoms with Gasteiger partial charge in [-0.25, -0.2) is 9.78 Å². The van der Waals surface area contributed by atoms with Crippen LogP contribution in [0.15, 0.2) is 56.7 Å². The first-order valence-electron chi connectivity index (χ1n) is 9.75. The zero-order valence-electron chi connectivity index (χ0n) is 16.2. The van der Waals surface area contributed by atoms with E-state index in [-0.39, 0.29) is 18.4 Å². The van der Waals surface area contributed by atoms with Gasteiger partial charge in [0.1, 0.15) is 12.3 Å². The van der Waals surface area contributed by atoms with Gasteiger partial charge >= 0.3 is 5.69 Å². The molecule has 0 radical (unpaired) electrons. The molecule has 30 heavy (non-hydrogen) atoms. The second kappa shape index (κ2) is 8.71. The number of benzene rings is 1.